The van der Waals surface area contributed by atoms with E-state index in [-0.39, 0.29) is 11.1 Å². The first-order valence-electron chi connectivity index (χ1n) is 6.42. The fourth-order valence-corrected chi connectivity index (χ4v) is 3.08. The van der Waals surface area contributed by atoms with Gasteiger partial charge in [-0.3, -0.25) is 9.48 Å². The van der Waals surface area contributed by atoms with Gasteiger partial charge in [-0.2, -0.15) is 0 Å². The molecule has 1 heterocycles. The van der Waals surface area contributed by atoms with Crippen molar-refractivity contribution < 1.29 is 0 Å². The second-order valence-electron chi connectivity index (χ2n) is 6.09. The summed E-state index contributed by atoms with van der Waals surface area (Å²) in [5.41, 5.74) is 7.26. The second-order valence-corrected chi connectivity index (χ2v) is 6.09. The van der Waals surface area contributed by atoms with Crippen LogP contribution in [0.15, 0.2) is 4.79 Å². The first-order valence-corrected chi connectivity index (χ1v) is 6.42. The second kappa shape index (κ2) is 3.93. The van der Waals surface area contributed by atoms with E-state index in [1.807, 2.05) is 32.5 Å². The maximum Gasteiger partial charge on any atom is 0.290 e. The van der Waals surface area contributed by atoms with Crippen LogP contribution < -0.4 is 11.3 Å². The monoisotopic (exact) mass is 237 g/mol. The lowest BCUT2D eigenvalue weighted by molar-refractivity contribution is 0.295. The third-order valence-electron chi connectivity index (χ3n) is 3.72. The van der Waals surface area contributed by atoms with Crippen LogP contribution in [0.4, 0.5) is 5.69 Å². The Balaban J connectivity index is 2.58. The molecule has 0 radical (unpaired) electrons. The van der Waals surface area contributed by atoms with Gasteiger partial charge in [0.25, 0.3) is 5.56 Å². The molecule has 1 aromatic heterocycles. The van der Waals surface area contributed by atoms with E-state index in [0.717, 1.165) is 18.5 Å². The van der Waals surface area contributed by atoms with Crippen molar-refractivity contribution in [1.82, 2.24) is 9.36 Å². The molecular weight excluding hydrogens is 214 g/mol. The van der Waals surface area contributed by atoms with Crippen LogP contribution >= 0.6 is 0 Å². The third kappa shape index (κ3) is 1.90. The van der Waals surface area contributed by atoms with Crippen molar-refractivity contribution in [1.29, 1.82) is 0 Å². The molecule has 4 heteroatoms. The largest absolute Gasteiger partial charge is 0.393 e. The van der Waals surface area contributed by atoms with Gasteiger partial charge in [0, 0.05) is 13.0 Å². The van der Waals surface area contributed by atoms with E-state index in [4.69, 9.17) is 5.73 Å². The molecule has 2 N–H and O–H groups in total. The van der Waals surface area contributed by atoms with Crippen LogP contribution in [0.1, 0.15) is 58.1 Å². The SMILES string of the molecule is Cn1c(C2CCCC2)c(N)c(=O)n1C(C)(C)C. The van der Waals surface area contributed by atoms with Crippen LogP contribution in [-0.2, 0) is 12.6 Å². The van der Waals surface area contributed by atoms with Crippen LogP contribution in [0.2, 0.25) is 0 Å². The zero-order valence-corrected chi connectivity index (χ0v) is 11.3. The molecule has 0 unspecified atom stereocenters. The van der Waals surface area contributed by atoms with Crippen LogP contribution in [0.25, 0.3) is 0 Å². The molecule has 0 saturated heterocycles. The summed E-state index contributed by atoms with van der Waals surface area (Å²) < 4.78 is 3.75. The van der Waals surface area contributed by atoms with E-state index in [0.29, 0.717) is 11.6 Å². The number of nitrogens with zero attached hydrogens (tertiary/aromatic N) is 2. The molecule has 0 aromatic carbocycles. The highest BCUT2D eigenvalue weighted by Gasteiger charge is 2.29. The lowest BCUT2D eigenvalue weighted by Crippen LogP contribution is -2.36. The zero-order chi connectivity index (χ0) is 12.8. The number of hydrogen-bond acceptors (Lipinski definition) is 2. The van der Waals surface area contributed by atoms with Crippen molar-refractivity contribution in [2.24, 2.45) is 7.05 Å². The Kier molecular flexibility index (Phi) is 2.84. The van der Waals surface area contributed by atoms with Crippen molar-refractivity contribution in [2.75, 3.05) is 5.73 Å². The molecule has 0 amide bonds. The predicted molar refractivity (Wildman–Crippen MR) is 70.3 cm³/mol. The molecule has 0 bridgehead atoms. The number of anilines is 1. The van der Waals surface area contributed by atoms with Gasteiger partial charge < -0.3 is 5.73 Å². The van der Waals surface area contributed by atoms with E-state index in [9.17, 15) is 4.79 Å². The van der Waals surface area contributed by atoms with Gasteiger partial charge >= 0.3 is 0 Å². The summed E-state index contributed by atoms with van der Waals surface area (Å²) in [6, 6.07) is 0. The Morgan fingerprint density at radius 2 is 1.76 bits per heavy atom. The predicted octanol–water partition coefficient (Wildman–Crippen LogP) is 2.18. The Bertz CT molecular complexity index is 470. The fourth-order valence-electron chi connectivity index (χ4n) is 3.08. The Labute approximate surface area is 102 Å². The summed E-state index contributed by atoms with van der Waals surface area (Å²) in [5, 5.41) is 0. The molecule has 0 spiro atoms. The molecule has 17 heavy (non-hydrogen) atoms. The average molecular weight is 237 g/mol. The van der Waals surface area contributed by atoms with Gasteiger partial charge in [-0.25, -0.2) is 4.68 Å². The molecule has 1 aromatic rings. The van der Waals surface area contributed by atoms with Gasteiger partial charge in [0.1, 0.15) is 5.69 Å². The minimum Gasteiger partial charge on any atom is -0.393 e. The highest BCUT2D eigenvalue weighted by Crippen LogP contribution is 2.36. The van der Waals surface area contributed by atoms with Gasteiger partial charge in [-0.05, 0) is 33.6 Å². The minimum atomic E-state index is -0.225. The first-order chi connectivity index (χ1) is 7.84. The maximum absolute atomic E-state index is 12.2. The van der Waals surface area contributed by atoms with Crippen LogP contribution in [-0.4, -0.2) is 9.36 Å². The van der Waals surface area contributed by atoms with Crippen molar-refractivity contribution in [3.63, 3.8) is 0 Å². The summed E-state index contributed by atoms with van der Waals surface area (Å²) in [7, 11) is 1.96. The average Bonchev–Trinajstić information content (AvgIpc) is 2.74. The van der Waals surface area contributed by atoms with Gasteiger partial charge in [-0.1, -0.05) is 12.8 Å². The Hall–Kier alpha value is -1.19. The zero-order valence-electron chi connectivity index (χ0n) is 11.3. The van der Waals surface area contributed by atoms with Gasteiger partial charge in [0.2, 0.25) is 0 Å². The summed E-state index contributed by atoms with van der Waals surface area (Å²) in [6.45, 7) is 6.10. The van der Waals surface area contributed by atoms with E-state index in [1.54, 1.807) is 4.68 Å². The number of aromatic nitrogens is 2. The van der Waals surface area contributed by atoms with Crippen LogP contribution in [0, 0.1) is 0 Å². The molecule has 4 nitrogen and oxygen atoms in total. The lowest BCUT2D eigenvalue weighted by atomic mass is 10.0. The van der Waals surface area contributed by atoms with Crippen LogP contribution in [0.5, 0.6) is 0 Å². The fraction of sp³-hybridized carbons (Fsp3) is 0.769. The van der Waals surface area contributed by atoms with Crippen molar-refractivity contribution >= 4 is 5.69 Å². The number of nitrogen functional groups attached to an aromatic ring is 1. The number of rotatable bonds is 1. The highest BCUT2D eigenvalue weighted by atomic mass is 16.1. The Morgan fingerprint density at radius 1 is 1.24 bits per heavy atom. The molecule has 0 aliphatic heterocycles. The molecule has 1 aliphatic carbocycles. The molecule has 1 fully saturated rings. The third-order valence-corrected chi connectivity index (χ3v) is 3.72. The van der Waals surface area contributed by atoms with Crippen molar-refractivity contribution in [2.45, 2.75) is 57.9 Å². The van der Waals surface area contributed by atoms with Gasteiger partial charge in [0.05, 0.1) is 11.2 Å². The standard InChI is InChI=1S/C13H23N3O/c1-13(2,3)16-12(17)10(14)11(15(16)4)9-7-5-6-8-9/h9H,5-8,14H2,1-4H3. The minimum absolute atomic E-state index is 0.0399. The topological polar surface area (TPSA) is 52.9 Å². The van der Waals surface area contributed by atoms with Gasteiger partial charge in [-0.15, -0.1) is 0 Å². The summed E-state index contributed by atoms with van der Waals surface area (Å²) in [6.07, 6.45) is 4.81. The highest BCUT2D eigenvalue weighted by molar-refractivity contribution is 5.44. The quantitative estimate of drug-likeness (QED) is 0.814. The van der Waals surface area contributed by atoms with E-state index in [1.165, 1.54) is 12.8 Å². The normalized spacial score (nSPS) is 17.9. The molecule has 1 saturated carbocycles. The molecule has 1 aliphatic rings. The van der Waals surface area contributed by atoms with Crippen molar-refractivity contribution in [3.05, 3.63) is 16.0 Å². The first kappa shape index (κ1) is 12.3. The molecule has 2 rings (SSSR count). The maximum atomic E-state index is 12.2. The molecule has 0 atom stereocenters. The number of nitrogens with two attached hydrogens (primary N) is 1. The van der Waals surface area contributed by atoms with E-state index >= 15 is 0 Å². The van der Waals surface area contributed by atoms with E-state index < -0.39 is 0 Å². The number of hydrogen-bond donors (Lipinski definition) is 1. The van der Waals surface area contributed by atoms with Crippen LogP contribution in [0.3, 0.4) is 0 Å². The lowest BCUT2D eigenvalue weighted by Gasteiger charge is -2.24. The van der Waals surface area contributed by atoms with E-state index in [2.05, 4.69) is 0 Å². The summed E-state index contributed by atoms with van der Waals surface area (Å²) >= 11 is 0. The summed E-state index contributed by atoms with van der Waals surface area (Å²) in [5.74, 6) is 0.469. The Morgan fingerprint density at radius 3 is 2.18 bits per heavy atom. The summed E-state index contributed by atoms with van der Waals surface area (Å²) in [4.78, 5) is 12.2. The molecule has 96 valence electrons. The van der Waals surface area contributed by atoms with Crippen molar-refractivity contribution in [3.8, 4) is 0 Å². The molecular formula is C13H23N3O. The smallest absolute Gasteiger partial charge is 0.290 e. The van der Waals surface area contributed by atoms with Gasteiger partial charge in [0.15, 0.2) is 0 Å².